The van der Waals surface area contributed by atoms with E-state index in [2.05, 4.69) is 35.0 Å². The number of amides is 1. The number of hydrogen-bond donors (Lipinski definition) is 1. The Balaban J connectivity index is 2.23. The average molecular weight is 298 g/mol. The minimum Gasteiger partial charge on any atom is -0.465 e. The molecule has 1 aromatic rings. The van der Waals surface area contributed by atoms with E-state index in [0.29, 0.717) is 13.1 Å². The van der Waals surface area contributed by atoms with Gasteiger partial charge in [-0.25, -0.2) is 4.79 Å². The van der Waals surface area contributed by atoms with E-state index in [-0.39, 0.29) is 5.41 Å². The molecule has 1 amide bonds. The number of nitrogens with zero attached hydrogens (tertiary/aromatic N) is 1. The Kier molecular flexibility index (Phi) is 3.43. The van der Waals surface area contributed by atoms with Crippen LogP contribution in [-0.2, 0) is 5.41 Å². The second-order valence-corrected chi connectivity index (χ2v) is 5.79. The molecule has 1 N–H and O–H groups in total. The molecule has 1 saturated heterocycles. The first-order valence-electron chi connectivity index (χ1n) is 5.75. The van der Waals surface area contributed by atoms with Crippen molar-refractivity contribution in [3.63, 3.8) is 0 Å². The van der Waals surface area contributed by atoms with Gasteiger partial charge in [0.1, 0.15) is 0 Å². The van der Waals surface area contributed by atoms with Gasteiger partial charge in [-0.05, 0) is 30.5 Å². The van der Waals surface area contributed by atoms with E-state index in [9.17, 15) is 4.79 Å². The van der Waals surface area contributed by atoms with Crippen molar-refractivity contribution >= 4 is 22.0 Å². The molecule has 3 nitrogen and oxygen atoms in total. The van der Waals surface area contributed by atoms with Crippen molar-refractivity contribution in [3.8, 4) is 0 Å². The molecule has 92 valence electrons. The molecular weight excluding hydrogens is 282 g/mol. The van der Waals surface area contributed by atoms with E-state index < -0.39 is 6.09 Å². The number of carboxylic acid groups (broad SMARTS) is 1. The molecule has 1 aliphatic heterocycles. The van der Waals surface area contributed by atoms with Crippen molar-refractivity contribution in [2.75, 3.05) is 13.1 Å². The molecule has 1 aromatic carbocycles. The fraction of sp³-hybridized carbons (Fsp3) is 0.462. The number of likely N-dealkylation sites (tertiary alicyclic amines) is 1. The molecule has 0 bridgehead atoms. The van der Waals surface area contributed by atoms with Crippen LogP contribution in [0.25, 0.3) is 0 Å². The van der Waals surface area contributed by atoms with Crippen molar-refractivity contribution in [1.82, 2.24) is 4.90 Å². The highest BCUT2D eigenvalue weighted by Crippen LogP contribution is 2.34. The van der Waals surface area contributed by atoms with Crippen LogP contribution in [0, 0.1) is 0 Å². The molecule has 1 unspecified atom stereocenters. The third kappa shape index (κ3) is 2.63. The van der Waals surface area contributed by atoms with Gasteiger partial charge in [-0.2, -0.15) is 0 Å². The van der Waals surface area contributed by atoms with E-state index in [1.165, 1.54) is 10.5 Å². The SMILES string of the molecule is CC1(c2ccc(Br)cc2)CCCN(C(=O)O)C1. The highest BCUT2D eigenvalue weighted by Gasteiger charge is 2.34. The minimum absolute atomic E-state index is 0.0582. The van der Waals surface area contributed by atoms with Gasteiger partial charge in [-0.3, -0.25) is 0 Å². The maximum Gasteiger partial charge on any atom is 0.407 e. The molecule has 4 heteroatoms. The molecule has 0 aliphatic carbocycles. The number of rotatable bonds is 1. The zero-order chi connectivity index (χ0) is 12.5. The lowest BCUT2D eigenvalue weighted by atomic mass is 9.76. The molecule has 1 fully saturated rings. The van der Waals surface area contributed by atoms with Gasteiger partial charge in [0.2, 0.25) is 0 Å². The maximum absolute atomic E-state index is 11.0. The van der Waals surface area contributed by atoms with Gasteiger partial charge in [0.05, 0.1) is 0 Å². The lowest BCUT2D eigenvalue weighted by molar-refractivity contribution is 0.113. The Morgan fingerprint density at radius 3 is 2.65 bits per heavy atom. The fourth-order valence-corrected chi connectivity index (χ4v) is 2.75. The first-order chi connectivity index (χ1) is 8.01. The zero-order valence-electron chi connectivity index (χ0n) is 9.82. The number of benzene rings is 1. The van der Waals surface area contributed by atoms with E-state index >= 15 is 0 Å². The van der Waals surface area contributed by atoms with E-state index in [1.54, 1.807) is 0 Å². The molecule has 1 heterocycles. The normalized spacial score (nSPS) is 24.7. The molecule has 0 aromatic heterocycles. The van der Waals surface area contributed by atoms with Crippen LogP contribution in [0.15, 0.2) is 28.7 Å². The minimum atomic E-state index is -0.812. The molecular formula is C13H16BrNO2. The van der Waals surface area contributed by atoms with Crippen LogP contribution in [0.1, 0.15) is 25.3 Å². The van der Waals surface area contributed by atoms with E-state index in [0.717, 1.165) is 17.3 Å². The Morgan fingerprint density at radius 1 is 1.41 bits per heavy atom. The number of hydrogen-bond acceptors (Lipinski definition) is 1. The lowest BCUT2D eigenvalue weighted by Gasteiger charge is -2.39. The Morgan fingerprint density at radius 2 is 2.06 bits per heavy atom. The second-order valence-electron chi connectivity index (χ2n) is 4.88. The molecule has 0 radical (unpaired) electrons. The van der Waals surface area contributed by atoms with Crippen molar-refractivity contribution in [1.29, 1.82) is 0 Å². The number of carbonyl (C=O) groups is 1. The van der Waals surface area contributed by atoms with Crippen LogP contribution in [0.3, 0.4) is 0 Å². The van der Waals surface area contributed by atoms with Crippen LogP contribution in [0.5, 0.6) is 0 Å². The van der Waals surface area contributed by atoms with Gasteiger partial charge in [0.15, 0.2) is 0 Å². The highest BCUT2D eigenvalue weighted by molar-refractivity contribution is 9.10. The van der Waals surface area contributed by atoms with Gasteiger partial charge in [0, 0.05) is 23.0 Å². The average Bonchev–Trinajstić information content (AvgIpc) is 2.29. The van der Waals surface area contributed by atoms with Crippen LogP contribution >= 0.6 is 15.9 Å². The van der Waals surface area contributed by atoms with Gasteiger partial charge >= 0.3 is 6.09 Å². The number of halogens is 1. The van der Waals surface area contributed by atoms with Crippen molar-refractivity contribution in [2.24, 2.45) is 0 Å². The molecule has 2 rings (SSSR count). The lowest BCUT2D eigenvalue weighted by Crippen LogP contribution is -2.46. The van der Waals surface area contributed by atoms with Crippen molar-refractivity contribution in [2.45, 2.75) is 25.2 Å². The third-order valence-electron chi connectivity index (χ3n) is 3.51. The first kappa shape index (κ1) is 12.4. The van der Waals surface area contributed by atoms with Gasteiger partial charge in [0.25, 0.3) is 0 Å². The molecule has 0 saturated carbocycles. The standard InChI is InChI=1S/C13H16BrNO2/c1-13(10-3-5-11(14)6-4-10)7-2-8-15(9-13)12(16)17/h3-6H,2,7-9H2,1H3,(H,16,17). The summed E-state index contributed by atoms with van der Waals surface area (Å²) in [4.78, 5) is 12.6. The summed E-state index contributed by atoms with van der Waals surface area (Å²) in [7, 11) is 0. The summed E-state index contributed by atoms with van der Waals surface area (Å²) in [6.07, 6.45) is 1.16. The molecule has 0 spiro atoms. The summed E-state index contributed by atoms with van der Waals surface area (Å²) in [6.45, 7) is 3.39. The predicted octanol–water partition coefficient (Wildman–Crippen LogP) is 3.48. The van der Waals surface area contributed by atoms with Crippen molar-refractivity contribution < 1.29 is 9.90 Å². The van der Waals surface area contributed by atoms with Crippen LogP contribution in [-0.4, -0.2) is 29.2 Å². The molecule has 17 heavy (non-hydrogen) atoms. The molecule has 1 aliphatic rings. The Bertz CT molecular complexity index is 418. The quantitative estimate of drug-likeness (QED) is 0.862. The van der Waals surface area contributed by atoms with Crippen molar-refractivity contribution in [3.05, 3.63) is 34.3 Å². The fourth-order valence-electron chi connectivity index (χ4n) is 2.49. The summed E-state index contributed by atoms with van der Waals surface area (Å²) < 4.78 is 1.05. The topological polar surface area (TPSA) is 40.5 Å². The largest absolute Gasteiger partial charge is 0.465 e. The zero-order valence-corrected chi connectivity index (χ0v) is 11.4. The van der Waals surface area contributed by atoms with Gasteiger partial charge < -0.3 is 10.0 Å². The first-order valence-corrected chi connectivity index (χ1v) is 6.54. The summed E-state index contributed by atoms with van der Waals surface area (Å²) in [5, 5.41) is 9.08. The highest BCUT2D eigenvalue weighted by atomic mass is 79.9. The Labute approximate surface area is 110 Å². The van der Waals surface area contributed by atoms with E-state index in [1.807, 2.05) is 12.1 Å². The maximum atomic E-state index is 11.0. The van der Waals surface area contributed by atoms with E-state index in [4.69, 9.17) is 5.11 Å². The van der Waals surface area contributed by atoms with Gasteiger partial charge in [-0.1, -0.05) is 35.0 Å². The van der Waals surface area contributed by atoms with Crippen LogP contribution in [0.4, 0.5) is 4.79 Å². The monoisotopic (exact) mass is 297 g/mol. The molecule has 1 atom stereocenters. The number of piperidine rings is 1. The van der Waals surface area contributed by atoms with Gasteiger partial charge in [-0.15, -0.1) is 0 Å². The Hall–Kier alpha value is -1.03. The predicted molar refractivity (Wildman–Crippen MR) is 70.3 cm³/mol. The third-order valence-corrected chi connectivity index (χ3v) is 4.04. The summed E-state index contributed by atoms with van der Waals surface area (Å²) in [6, 6.07) is 8.19. The summed E-state index contributed by atoms with van der Waals surface area (Å²) >= 11 is 3.42. The smallest absolute Gasteiger partial charge is 0.407 e. The second kappa shape index (κ2) is 4.69. The van der Waals surface area contributed by atoms with Crippen LogP contribution < -0.4 is 0 Å². The summed E-state index contributed by atoms with van der Waals surface area (Å²) in [5.74, 6) is 0. The van der Waals surface area contributed by atoms with Crippen LogP contribution in [0.2, 0.25) is 0 Å². The summed E-state index contributed by atoms with van der Waals surface area (Å²) in [5.41, 5.74) is 1.16.